The van der Waals surface area contributed by atoms with E-state index in [1.165, 1.54) is 32.1 Å². The molecular weight excluding hydrogens is 216 g/mol. The van der Waals surface area contributed by atoms with E-state index < -0.39 is 11.9 Å². The fraction of sp³-hybridized carbons (Fsp3) is 0.846. The van der Waals surface area contributed by atoms with Crippen LogP contribution in [0.1, 0.15) is 52.4 Å². The van der Waals surface area contributed by atoms with E-state index in [2.05, 4.69) is 12.2 Å². The van der Waals surface area contributed by atoms with Crippen LogP contribution in [0.4, 0.5) is 0 Å². The highest BCUT2D eigenvalue weighted by Crippen LogP contribution is 2.31. The van der Waals surface area contributed by atoms with E-state index in [1.807, 2.05) is 0 Å². The largest absolute Gasteiger partial charge is 0.368 e. The van der Waals surface area contributed by atoms with Crippen LogP contribution < -0.4 is 11.1 Å². The molecule has 0 aromatic heterocycles. The Bertz CT molecular complexity index is 273. The standard InChI is InChI=1S/C13H24N2O2/c1-9(11-6-4-3-5-7-11)8-12(16)15-10(2)13(14)17/h9-11H,3-8H2,1-2H3,(H2,14,17)(H,15,16)/t9-,10+/m1/s1. The maximum absolute atomic E-state index is 11.7. The number of carbonyl (C=O) groups is 2. The molecule has 1 aliphatic rings. The average Bonchev–Trinajstić information content (AvgIpc) is 2.29. The van der Waals surface area contributed by atoms with Crippen molar-refractivity contribution in [3.05, 3.63) is 0 Å². The predicted molar refractivity (Wildman–Crippen MR) is 67.2 cm³/mol. The third-order valence-corrected chi connectivity index (χ3v) is 3.77. The van der Waals surface area contributed by atoms with Crippen molar-refractivity contribution in [2.75, 3.05) is 0 Å². The van der Waals surface area contributed by atoms with Crippen molar-refractivity contribution in [1.29, 1.82) is 0 Å². The summed E-state index contributed by atoms with van der Waals surface area (Å²) < 4.78 is 0. The molecule has 98 valence electrons. The Morgan fingerprint density at radius 1 is 1.24 bits per heavy atom. The SMILES string of the molecule is C[C@H](NC(=O)C[C@@H](C)C1CCCCC1)C(N)=O. The van der Waals surface area contributed by atoms with Gasteiger partial charge in [0, 0.05) is 6.42 Å². The molecule has 1 saturated carbocycles. The van der Waals surface area contributed by atoms with Gasteiger partial charge < -0.3 is 11.1 Å². The Hall–Kier alpha value is -1.06. The third-order valence-electron chi connectivity index (χ3n) is 3.77. The predicted octanol–water partition coefficient (Wildman–Crippen LogP) is 1.58. The van der Waals surface area contributed by atoms with Gasteiger partial charge in [-0.3, -0.25) is 9.59 Å². The molecule has 0 spiro atoms. The highest BCUT2D eigenvalue weighted by molar-refractivity contribution is 5.86. The van der Waals surface area contributed by atoms with Crippen LogP contribution in [0.5, 0.6) is 0 Å². The minimum absolute atomic E-state index is 0.0608. The van der Waals surface area contributed by atoms with E-state index in [1.54, 1.807) is 6.92 Å². The minimum atomic E-state index is -0.568. The summed E-state index contributed by atoms with van der Waals surface area (Å²) in [5.41, 5.74) is 5.10. The van der Waals surface area contributed by atoms with E-state index in [-0.39, 0.29) is 5.91 Å². The first-order chi connectivity index (χ1) is 8.00. The van der Waals surface area contributed by atoms with Crippen LogP contribution in [-0.4, -0.2) is 17.9 Å². The van der Waals surface area contributed by atoms with Gasteiger partial charge in [0.25, 0.3) is 0 Å². The summed E-state index contributed by atoms with van der Waals surface area (Å²) in [5.74, 6) is 0.520. The van der Waals surface area contributed by atoms with Gasteiger partial charge in [-0.25, -0.2) is 0 Å². The monoisotopic (exact) mass is 240 g/mol. The van der Waals surface area contributed by atoms with E-state index in [9.17, 15) is 9.59 Å². The summed E-state index contributed by atoms with van der Waals surface area (Å²) in [6, 6.07) is -0.568. The van der Waals surface area contributed by atoms with E-state index in [0.29, 0.717) is 18.3 Å². The number of primary amides is 1. The van der Waals surface area contributed by atoms with Crippen LogP contribution in [0, 0.1) is 11.8 Å². The molecule has 1 aliphatic carbocycles. The second-order valence-corrected chi connectivity index (χ2v) is 5.27. The zero-order valence-corrected chi connectivity index (χ0v) is 10.9. The van der Waals surface area contributed by atoms with Gasteiger partial charge in [-0.2, -0.15) is 0 Å². The topological polar surface area (TPSA) is 72.2 Å². The number of amides is 2. The van der Waals surface area contributed by atoms with Crippen LogP contribution >= 0.6 is 0 Å². The first kappa shape index (κ1) is 14.0. The van der Waals surface area contributed by atoms with E-state index >= 15 is 0 Å². The molecule has 0 bridgehead atoms. The number of nitrogens with one attached hydrogen (secondary N) is 1. The zero-order chi connectivity index (χ0) is 12.8. The minimum Gasteiger partial charge on any atom is -0.368 e. The quantitative estimate of drug-likeness (QED) is 0.766. The van der Waals surface area contributed by atoms with Crippen LogP contribution in [-0.2, 0) is 9.59 Å². The summed E-state index contributed by atoms with van der Waals surface area (Å²) in [7, 11) is 0. The van der Waals surface area contributed by atoms with Crippen molar-refractivity contribution in [1.82, 2.24) is 5.32 Å². The molecule has 2 atom stereocenters. The normalized spacial score (nSPS) is 20.6. The van der Waals surface area contributed by atoms with Crippen molar-refractivity contribution in [2.45, 2.75) is 58.4 Å². The molecule has 0 aromatic rings. The molecule has 0 aromatic carbocycles. The molecule has 0 saturated heterocycles. The molecule has 2 amide bonds. The summed E-state index contributed by atoms with van der Waals surface area (Å²) in [4.78, 5) is 22.5. The van der Waals surface area contributed by atoms with Crippen LogP contribution in [0.25, 0.3) is 0 Å². The van der Waals surface area contributed by atoms with Crippen molar-refractivity contribution >= 4 is 11.8 Å². The van der Waals surface area contributed by atoms with Gasteiger partial charge in [-0.1, -0.05) is 39.0 Å². The molecule has 1 fully saturated rings. The summed E-state index contributed by atoms with van der Waals surface area (Å²) in [6.45, 7) is 3.75. The van der Waals surface area contributed by atoms with Crippen molar-refractivity contribution in [2.24, 2.45) is 17.6 Å². The molecular formula is C13H24N2O2. The van der Waals surface area contributed by atoms with Gasteiger partial charge in [-0.05, 0) is 18.8 Å². The van der Waals surface area contributed by atoms with Crippen molar-refractivity contribution < 1.29 is 9.59 Å². The molecule has 0 aliphatic heterocycles. The number of hydrogen-bond acceptors (Lipinski definition) is 2. The Kier molecular flexibility index (Phi) is 5.45. The molecule has 3 N–H and O–H groups in total. The lowest BCUT2D eigenvalue weighted by atomic mass is 9.79. The lowest BCUT2D eigenvalue weighted by molar-refractivity contribution is -0.127. The lowest BCUT2D eigenvalue weighted by Gasteiger charge is -2.27. The second-order valence-electron chi connectivity index (χ2n) is 5.27. The average molecular weight is 240 g/mol. The zero-order valence-electron chi connectivity index (χ0n) is 10.9. The number of carbonyl (C=O) groups excluding carboxylic acids is 2. The van der Waals surface area contributed by atoms with Crippen molar-refractivity contribution in [3.8, 4) is 0 Å². The van der Waals surface area contributed by atoms with Gasteiger partial charge >= 0.3 is 0 Å². The van der Waals surface area contributed by atoms with Gasteiger partial charge in [0.1, 0.15) is 6.04 Å². The third kappa shape index (κ3) is 4.75. The number of rotatable bonds is 5. The van der Waals surface area contributed by atoms with E-state index in [0.717, 1.165) is 0 Å². The highest BCUT2D eigenvalue weighted by Gasteiger charge is 2.23. The molecule has 0 unspecified atom stereocenters. The first-order valence-electron chi connectivity index (χ1n) is 6.59. The molecule has 1 rings (SSSR count). The number of hydrogen-bond donors (Lipinski definition) is 2. The van der Waals surface area contributed by atoms with Crippen LogP contribution in [0.3, 0.4) is 0 Å². The van der Waals surface area contributed by atoms with Gasteiger partial charge in [0.15, 0.2) is 0 Å². The smallest absolute Gasteiger partial charge is 0.239 e. The molecule has 17 heavy (non-hydrogen) atoms. The van der Waals surface area contributed by atoms with Crippen LogP contribution in [0.2, 0.25) is 0 Å². The van der Waals surface area contributed by atoms with Gasteiger partial charge in [0.2, 0.25) is 11.8 Å². The Labute approximate surface area is 103 Å². The van der Waals surface area contributed by atoms with Gasteiger partial charge in [0.05, 0.1) is 0 Å². The Morgan fingerprint density at radius 2 is 1.82 bits per heavy atom. The summed E-state index contributed by atoms with van der Waals surface area (Å²) in [5, 5.41) is 2.64. The molecule has 0 heterocycles. The maximum Gasteiger partial charge on any atom is 0.239 e. The number of nitrogens with two attached hydrogens (primary N) is 1. The van der Waals surface area contributed by atoms with Gasteiger partial charge in [-0.15, -0.1) is 0 Å². The van der Waals surface area contributed by atoms with Crippen LogP contribution in [0.15, 0.2) is 0 Å². The molecule has 4 nitrogen and oxygen atoms in total. The van der Waals surface area contributed by atoms with Crippen molar-refractivity contribution in [3.63, 3.8) is 0 Å². The fourth-order valence-corrected chi connectivity index (χ4v) is 2.53. The summed E-state index contributed by atoms with van der Waals surface area (Å²) >= 11 is 0. The lowest BCUT2D eigenvalue weighted by Crippen LogP contribution is -2.42. The molecule has 4 heteroatoms. The van der Waals surface area contributed by atoms with E-state index in [4.69, 9.17) is 5.73 Å². The fourth-order valence-electron chi connectivity index (χ4n) is 2.53. The molecule has 0 radical (unpaired) electrons. The first-order valence-corrected chi connectivity index (χ1v) is 6.59. The maximum atomic E-state index is 11.7. The Morgan fingerprint density at radius 3 is 2.35 bits per heavy atom. The second kappa shape index (κ2) is 6.62. The highest BCUT2D eigenvalue weighted by atomic mass is 16.2. The Balaban J connectivity index is 2.31. The summed E-state index contributed by atoms with van der Waals surface area (Å²) in [6.07, 6.45) is 6.87.